The van der Waals surface area contributed by atoms with Crippen molar-refractivity contribution in [1.82, 2.24) is 20.4 Å². The summed E-state index contributed by atoms with van der Waals surface area (Å²) < 4.78 is 4.91. The number of amides is 4. The fraction of sp³-hybridized carbons (Fsp3) is 0.500. The van der Waals surface area contributed by atoms with Crippen molar-refractivity contribution in [3.05, 3.63) is 35.9 Å². The number of piperidine rings is 1. The minimum absolute atomic E-state index is 0.0565. The zero-order chi connectivity index (χ0) is 20.8. The Morgan fingerprint density at radius 1 is 1.21 bits per heavy atom. The smallest absolute Gasteiger partial charge is 0.254 e. The number of benzene rings is 1. The third-order valence-electron chi connectivity index (χ3n) is 5.19. The van der Waals surface area contributed by atoms with Crippen molar-refractivity contribution < 1.29 is 23.9 Å². The highest BCUT2D eigenvalue weighted by Gasteiger charge is 2.38. The van der Waals surface area contributed by atoms with E-state index in [1.807, 2.05) is 6.07 Å². The minimum atomic E-state index is -0.882. The molecule has 2 heterocycles. The molecular formula is C20H26N4O5. The Kier molecular flexibility index (Phi) is 6.82. The lowest BCUT2D eigenvalue weighted by Crippen LogP contribution is -2.63. The summed E-state index contributed by atoms with van der Waals surface area (Å²) in [6.45, 7) is 1.09. The van der Waals surface area contributed by atoms with Gasteiger partial charge >= 0.3 is 0 Å². The molecule has 0 unspecified atom stereocenters. The summed E-state index contributed by atoms with van der Waals surface area (Å²) in [7, 11) is 1.43. The van der Waals surface area contributed by atoms with E-state index in [-0.39, 0.29) is 37.4 Å². The molecule has 2 fully saturated rings. The Bertz CT molecular complexity index is 769. The number of rotatable bonds is 5. The lowest BCUT2D eigenvalue weighted by atomic mass is 10.0. The highest BCUT2D eigenvalue weighted by Crippen LogP contribution is 2.16. The Morgan fingerprint density at radius 2 is 1.97 bits per heavy atom. The van der Waals surface area contributed by atoms with E-state index < -0.39 is 18.0 Å². The summed E-state index contributed by atoms with van der Waals surface area (Å²) in [6.07, 6.45) is 1.32. The monoisotopic (exact) mass is 402 g/mol. The maximum atomic E-state index is 13.0. The SMILES string of the molecule is COCC(=O)N1CCN(C(=O)c2ccccc2)[C@H](C(=O)N[C@H]2CCCNC2=O)C1. The number of ether oxygens (including phenoxy) is 1. The van der Waals surface area contributed by atoms with E-state index in [0.717, 1.165) is 6.42 Å². The highest BCUT2D eigenvalue weighted by atomic mass is 16.5. The number of piperazine rings is 1. The second kappa shape index (κ2) is 9.51. The molecule has 0 bridgehead atoms. The van der Waals surface area contributed by atoms with Gasteiger partial charge in [0.05, 0.1) is 6.54 Å². The van der Waals surface area contributed by atoms with Gasteiger partial charge in [0.2, 0.25) is 17.7 Å². The molecule has 9 nitrogen and oxygen atoms in total. The lowest BCUT2D eigenvalue weighted by molar-refractivity contribution is -0.141. The van der Waals surface area contributed by atoms with Gasteiger partial charge < -0.3 is 25.2 Å². The molecule has 3 rings (SSSR count). The van der Waals surface area contributed by atoms with Crippen LogP contribution < -0.4 is 10.6 Å². The molecule has 2 aliphatic heterocycles. The van der Waals surface area contributed by atoms with Crippen LogP contribution in [0.4, 0.5) is 0 Å². The van der Waals surface area contributed by atoms with Crippen molar-refractivity contribution in [1.29, 1.82) is 0 Å². The second-order valence-corrected chi connectivity index (χ2v) is 7.15. The Morgan fingerprint density at radius 3 is 2.66 bits per heavy atom. The molecule has 0 aliphatic carbocycles. The van der Waals surface area contributed by atoms with Gasteiger partial charge in [-0.15, -0.1) is 0 Å². The van der Waals surface area contributed by atoms with Crippen LogP contribution in [0.3, 0.4) is 0 Å². The predicted octanol–water partition coefficient (Wildman–Crippen LogP) is -0.619. The van der Waals surface area contributed by atoms with Gasteiger partial charge in [0.15, 0.2) is 0 Å². The normalized spacial score (nSPS) is 22.0. The minimum Gasteiger partial charge on any atom is -0.375 e. The molecule has 0 aromatic heterocycles. The number of methoxy groups -OCH3 is 1. The van der Waals surface area contributed by atoms with Gasteiger partial charge in [0, 0.05) is 32.3 Å². The third-order valence-corrected chi connectivity index (χ3v) is 5.19. The predicted molar refractivity (Wildman–Crippen MR) is 104 cm³/mol. The molecule has 0 radical (unpaired) electrons. The first-order valence-electron chi connectivity index (χ1n) is 9.72. The molecule has 4 amide bonds. The largest absolute Gasteiger partial charge is 0.375 e. The van der Waals surface area contributed by atoms with Gasteiger partial charge in [0.1, 0.15) is 18.7 Å². The van der Waals surface area contributed by atoms with Gasteiger partial charge in [0.25, 0.3) is 5.91 Å². The van der Waals surface area contributed by atoms with Gasteiger partial charge in [-0.2, -0.15) is 0 Å². The molecule has 156 valence electrons. The molecule has 2 atom stereocenters. The summed E-state index contributed by atoms with van der Waals surface area (Å²) in [4.78, 5) is 53.3. The summed E-state index contributed by atoms with van der Waals surface area (Å²) >= 11 is 0. The maximum Gasteiger partial charge on any atom is 0.254 e. The molecule has 29 heavy (non-hydrogen) atoms. The number of carbonyl (C=O) groups excluding carboxylic acids is 4. The zero-order valence-electron chi connectivity index (χ0n) is 16.4. The van der Waals surface area contributed by atoms with Crippen LogP contribution in [-0.2, 0) is 19.1 Å². The summed E-state index contributed by atoms with van der Waals surface area (Å²) in [5.41, 5.74) is 0.470. The third kappa shape index (κ3) is 4.92. The molecule has 9 heteroatoms. The fourth-order valence-corrected chi connectivity index (χ4v) is 3.62. The van der Waals surface area contributed by atoms with Crippen LogP contribution >= 0.6 is 0 Å². The van der Waals surface area contributed by atoms with Crippen LogP contribution in [0.5, 0.6) is 0 Å². The summed E-state index contributed by atoms with van der Waals surface area (Å²) in [6, 6.07) is 7.19. The maximum absolute atomic E-state index is 13.0. The fourth-order valence-electron chi connectivity index (χ4n) is 3.62. The number of carbonyl (C=O) groups is 4. The van der Waals surface area contributed by atoms with Gasteiger partial charge in [-0.05, 0) is 25.0 Å². The number of hydrogen-bond donors (Lipinski definition) is 2. The van der Waals surface area contributed by atoms with Crippen LogP contribution in [0.2, 0.25) is 0 Å². The van der Waals surface area contributed by atoms with Crippen LogP contribution in [0.1, 0.15) is 23.2 Å². The van der Waals surface area contributed by atoms with Gasteiger partial charge in [-0.25, -0.2) is 0 Å². The molecule has 0 spiro atoms. The molecule has 2 aliphatic rings. The van der Waals surface area contributed by atoms with E-state index in [4.69, 9.17) is 4.74 Å². The molecule has 0 saturated carbocycles. The van der Waals surface area contributed by atoms with E-state index in [2.05, 4.69) is 10.6 Å². The Hall–Kier alpha value is -2.94. The van der Waals surface area contributed by atoms with Crippen molar-refractivity contribution in [2.24, 2.45) is 0 Å². The number of nitrogens with zero attached hydrogens (tertiary/aromatic N) is 2. The first-order valence-corrected chi connectivity index (χ1v) is 9.72. The Labute approximate surface area is 169 Å². The second-order valence-electron chi connectivity index (χ2n) is 7.15. The first kappa shape index (κ1) is 20.8. The van der Waals surface area contributed by atoms with Crippen molar-refractivity contribution >= 4 is 23.6 Å². The van der Waals surface area contributed by atoms with Crippen molar-refractivity contribution in [3.63, 3.8) is 0 Å². The van der Waals surface area contributed by atoms with Gasteiger partial charge in [-0.1, -0.05) is 18.2 Å². The number of nitrogens with one attached hydrogen (secondary N) is 2. The van der Waals surface area contributed by atoms with Crippen LogP contribution in [-0.4, -0.2) is 85.4 Å². The number of hydrogen-bond acceptors (Lipinski definition) is 5. The van der Waals surface area contributed by atoms with E-state index in [0.29, 0.717) is 25.1 Å². The molecule has 1 aromatic rings. The first-order chi connectivity index (χ1) is 14.0. The van der Waals surface area contributed by atoms with E-state index >= 15 is 0 Å². The topological polar surface area (TPSA) is 108 Å². The average Bonchev–Trinajstić information content (AvgIpc) is 2.75. The Balaban J connectivity index is 1.78. The van der Waals surface area contributed by atoms with Crippen molar-refractivity contribution in [3.8, 4) is 0 Å². The van der Waals surface area contributed by atoms with Crippen LogP contribution in [0.15, 0.2) is 30.3 Å². The highest BCUT2D eigenvalue weighted by molar-refractivity contribution is 5.99. The zero-order valence-corrected chi connectivity index (χ0v) is 16.4. The average molecular weight is 402 g/mol. The standard InChI is InChI=1S/C20H26N4O5/c1-29-13-17(25)23-10-11-24(20(28)14-6-3-2-4-7-14)16(12-23)19(27)22-15-8-5-9-21-18(15)26/h2-4,6-7,15-16H,5,8-13H2,1H3,(H,21,26)(H,22,27)/t15-,16-/m0/s1. The van der Waals surface area contributed by atoms with Crippen LogP contribution in [0, 0.1) is 0 Å². The van der Waals surface area contributed by atoms with Crippen molar-refractivity contribution in [2.75, 3.05) is 39.9 Å². The van der Waals surface area contributed by atoms with E-state index in [1.165, 1.54) is 16.9 Å². The van der Waals surface area contributed by atoms with Crippen molar-refractivity contribution in [2.45, 2.75) is 24.9 Å². The summed E-state index contributed by atoms with van der Waals surface area (Å²) in [5, 5.41) is 5.48. The quantitative estimate of drug-likeness (QED) is 0.683. The van der Waals surface area contributed by atoms with Gasteiger partial charge in [-0.3, -0.25) is 19.2 Å². The summed E-state index contributed by atoms with van der Waals surface area (Å²) in [5.74, 6) is -1.19. The van der Waals surface area contributed by atoms with E-state index in [9.17, 15) is 19.2 Å². The van der Waals surface area contributed by atoms with Crippen LogP contribution in [0.25, 0.3) is 0 Å². The molecule has 2 saturated heterocycles. The molecule has 1 aromatic carbocycles. The molecular weight excluding hydrogens is 376 g/mol. The van der Waals surface area contributed by atoms with E-state index in [1.54, 1.807) is 24.3 Å². The molecule has 2 N–H and O–H groups in total. The lowest BCUT2D eigenvalue weighted by Gasteiger charge is -2.41.